The van der Waals surface area contributed by atoms with Crippen molar-refractivity contribution in [1.29, 1.82) is 0 Å². The van der Waals surface area contributed by atoms with E-state index in [2.05, 4.69) is 5.32 Å². The maximum absolute atomic E-state index is 11.1. The first-order valence-electron chi connectivity index (χ1n) is 6.42. The van der Waals surface area contributed by atoms with Crippen molar-refractivity contribution in [3.05, 3.63) is 33.9 Å². The summed E-state index contributed by atoms with van der Waals surface area (Å²) in [7, 11) is 0. The Morgan fingerprint density at radius 2 is 1.95 bits per heavy atom. The average molecular weight is 282 g/mol. The summed E-state index contributed by atoms with van der Waals surface area (Å²) in [6.07, 6.45) is 3.46. The van der Waals surface area contributed by atoms with Crippen molar-refractivity contribution in [1.82, 2.24) is 0 Å². The van der Waals surface area contributed by atoms with Crippen LogP contribution in [0.3, 0.4) is 0 Å². The van der Waals surface area contributed by atoms with Crippen LogP contribution in [-0.4, -0.2) is 34.3 Å². The number of rotatable bonds is 9. The van der Waals surface area contributed by atoms with Crippen LogP contribution in [0.2, 0.25) is 0 Å². The molecule has 3 N–H and O–H groups in total. The average Bonchev–Trinajstić information content (AvgIpc) is 2.42. The molecule has 110 valence electrons. The van der Waals surface area contributed by atoms with E-state index < -0.39 is 10.9 Å². The highest BCUT2D eigenvalue weighted by Crippen LogP contribution is 2.22. The summed E-state index contributed by atoms with van der Waals surface area (Å²) in [6.45, 7) is 0.766. The number of aliphatic hydroxyl groups excluding tert-OH is 1. The van der Waals surface area contributed by atoms with Crippen LogP contribution in [0.1, 0.15) is 36.0 Å². The maximum atomic E-state index is 11.1. The summed E-state index contributed by atoms with van der Waals surface area (Å²) in [6, 6.07) is 3.74. The summed E-state index contributed by atoms with van der Waals surface area (Å²) in [5.74, 6) is -1.20. The van der Waals surface area contributed by atoms with Crippen LogP contribution < -0.4 is 5.32 Å². The number of benzene rings is 1. The number of nitro benzene ring substituents is 1. The van der Waals surface area contributed by atoms with Crippen LogP contribution >= 0.6 is 0 Å². The van der Waals surface area contributed by atoms with Gasteiger partial charge in [0, 0.05) is 31.0 Å². The van der Waals surface area contributed by atoms with E-state index in [1.54, 1.807) is 0 Å². The van der Waals surface area contributed by atoms with Gasteiger partial charge in [0.2, 0.25) is 0 Å². The van der Waals surface area contributed by atoms with Gasteiger partial charge in [-0.1, -0.05) is 12.8 Å². The molecule has 1 rings (SSSR count). The first kappa shape index (κ1) is 15.9. The normalized spacial score (nSPS) is 10.2. The fourth-order valence-corrected chi connectivity index (χ4v) is 1.79. The zero-order chi connectivity index (χ0) is 15.0. The second-order valence-corrected chi connectivity index (χ2v) is 4.36. The van der Waals surface area contributed by atoms with E-state index in [9.17, 15) is 14.9 Å². The molecule has 0 fully saturated rings. The molecule has 1 aromatic rings. The van der Waals surface area contributed by atoms with Crippen molar-refractivity contribution in [2.45, 2.75) is 25.7 Å². The molecule has 1 aromatic carbocycles. The van der Waals surface area contributed by atoms with Gasteiger partial charge in [0.05, 0.1) is 10.5 Å². The van der Waals surface area contributed by atoms with Crippen LogP contribution in [0, 0.1) is 10.1 Å². The minimum Gasteiger partial charge on any atom is -0.478 e. The number of hydrogen-bond donors (Lipinski definition) is 3. The lowest BCUT2D eigenvalue weighted by atomic mass is 10.1. The van der Waals surface area contributed by atoms with Crippen LogP contribution in [0.5, 0.6) is 0 Å². The number of carboxylic acid groups (broad SMARTS) is 1. The molecule has 0 amide bonds. The largest absolute Gasteiger partial charge is 0.478 e. The van der Waals surface area contributed by atoms with Crippen LogP contribution in [0.25, 0.3) is 0 Å². The molecule has 0 aliphatic rings. The summed E-state index contributed by atoms with van der Waals surface area (Å²) in [5, 5.41) is 31.3. The molecule has 0 aliphatic heterocycles. The molecular weight excluding hydrogens is 264 g/mol. The van der Waals surface area contributed by atoms with Gasteiger partial charge in [-0.2, -0.15) is 0 Å². The van der Waals surface area contributed by atoms with E-state index in [4.69, 9.17) is 10.2 Å². The van der Waals surface area contributed by atoms with Gasteiger partial charge in [-0.3, -0.25) is 10.1 Å². The highest BCUT2D eigenvalue weighted by atomic mass is 16.6. The number of aromatic carboxylic acids is 1. The molecule has 7 heteroatoms. The van der Waals surface area contributed by atoms with Gasteiger partial charge < -0.3 is 15.5 Å². The van der Waals surface area contributed by atoms with Crippen LogP contribution in [0.4, 0.5) is 11.4 Å². The van der Waals surface area contributed by atoms with E-state index in [0.717, 1.165) is 31.7 Å². The number of nitrogens with one attached hydrogen (secondary N) is 1. The van der Waals surface area contributed by atoms with Crippen molar-refractivity contribution < 1.29 is 19.9 Å². The molecule has 0 aliphatic carbocycles. The Morgan fingerprint density at radius 3 is 2.55 bits per heavy atom. The Bertz CT molecular complexity index is 476. The molecule has 0 aromatic heterocycles. The van der Waals surface area contributed by atoms with E-state index in [-0.39, 0.29) is 17.9 Å². The number of aliphatic hydroxyl groups is 1. The minimum absolute atomic E-state index is 0.102. The fourth-order valence-electron chi connectivity index (χ4n) is 1.79. The lowest BCUT2D eigenvalue weighted by Crippen LogP contribution is -2.08. The van der Waals surface area contributed by atoms with Gasteiger partial charge >= 0.3 is 5.97 Å². The monoisotopic (exact) mass is 282 g/mol. The molecule has 20 heavy (non-hydrogen) atoms. The fraction of sp³-hybridized carbons (Fsp3) is 0.462. The number of carbonyl (C=O) groups is 1. The number of nitrogens with zero attached hydrogens (tertiary/aromatic N) is 1. The number of unbranched alkanes of at least 4 members (excludes halogenated alkanes) is 3. The Balaban J connectivity index is 2.60. The molecule has 0 radical (unpaired) electrons. The molecular formula is C13H18N2O5. The minimum atomic E-state index is -1.20. The predicted octanol–water partition coefficient (Wildman–Crippen LogP) is 2.26. The van der Waals surface area contributed by atoms with Crippen molar-refractivity contribution in [3.63, 3.8) is 0 Å². The number of carboxylic acids is 1. The van der Waals surface area contributed by atoms with E-state index >= 15 is 0 Å². The molecule has 0 atom stereocenters. The molecule has 0 bridgehead atoms. The zero-order valence-electron chi connectivity index (χ0n) is 11.0. The second kappa shape index (κ2) is 8.11. The third kappa shape index (κ3) is 4.85. The summed E-state index contributed by atoms with van der Waals surface area (Å²) < 4.78 is 0. The van der Waals surface area contributed by atoms with Gasteiger partial charge in [-0.15, -0.1) is 0 Å². The smallest absolute Gasteiger partial charge is 0.338 e. The van der Waals surface area contributed by atoms with Gasteiger partial charge in [0.15, 0.2) is 0 Å². The number of non-ortho nitro benzene ring substituents is 1. The standard InChI is InChI=1S/C13H18N2O5/c16-8-4-2-1-3-7-14-12-6-5-10(15(19)20)9-11(12)13(17)18/h5-6,9,14,16H,1-4,7-8H2,(H,17,18). The van der Waals surface area contributed by atoms with Crippen molar-refractivity contribution in [3.8, 4) is 0 Å². The molecule has 0 heterocycles. The van der Waals surface area contributed by atoms with Crippen molar-refractivity contribution >= 4 is 17.3 Å². The van der Waals surface area contributed by atoms with E-state index in [1.807, 2.05) is 0 Å². The molecule has 7 nitrogen and oxygen atoms in total. The third-order valence-electron chi connectivity index (χ3n) is 2.84. The SMILES string of the molecule is O=C(O)c1cc([N+](=O)[O-])ccc1NCCCCCCO. The zero-order valence-corrected chi connectivity index (χ0v) is 11.0. The van der Waals surface area contributed by atoms with Crippen LogP contribution in [-0.2, 0) is 0 Å². The summed E-state index contributed by atoms with van der Waals surface area (Å²) in [5.41, 5.74) is 0.0377. The van der Waals surface area contributed by atoms with Gasteiger partial charge in [-0.05, 0) is 18.9 Å². The highest BCUT2D eigenvalue weighted by Gasteiger charge is 2.15. The third-order valence-corrected chi connectivity index (χ3v) is 2.84. The van der Waals surface area contributed by atoms with Gasteiger partial charge in [0.1, 0.15) is 0 Å². The molecule has 0 saturated carbocycles. The molecule has 0 spiro atoms. The number of hydrogen-bond acceptors (Lipinski definition) is 5. The summed E-state index contributed by atoms with van der Waals surface area (Å²) in [4.78, 5) is 21.1. The predicted molar refractivity (Wildman–Crippen MR) is 74.1 cm³/mol. The van der Waals surface area contributed by atoms with Gasteiger partial charge in [0.25, 0.3) is 5.69 Å². The Morgan fingerprint density at radius 1 is 1.25 bits per heavy atom. The maximum Gasteiger partial charge on any atom is 0.338 e. The Labute approximate surface area is 116 Å². The Kier molecular flexibility index (Phi) is 6.45. The molecule has 0 saturated heterocycles. The Hall–Kier alpha value is -2.15. The highest BCUT2D eigenvalue weighted by molar-refractivity contribution is 5.95. The first-order valence-corrected chi connectivity index (χ1v) is 6.42. The quantitative estimate of drug-likeness (QED) is 0.364. The number of nitro groups is 1. The van der Waals surface area contributed by atoms with E-state index in [0.29, 0.717) is 12.2 Å². The van der Waals surface area contributed by atoms with Crippen molar-refractivity contribution in [2.75, 3.05) is 18.5 Å². The molecule has 0 unspecified atom stereocenters. The lowest BCUT2D eigenvalue weighted by Gasteiger charge is -2.09. The lowest BCUT2D eigenvalue weighted by molar-refractivity contribution is -0.384. The first-order chi connectivity index (χ1) is 9.56. The van der Waals surface area contributed by atoms with Crippen molar-refractivity contribution in [2.24, 2.45) is 0 Å². The van der Waals surface area contributed by atoms with Crippen LogP contribution in [0.15, 0.2) is 18.2 Å². The van der Waals surface area contributed by atoms with Gasteiger partial charge in [-0.25, -0.2) is 4.79 Å². The topological polar surface area (TPSA) is 113 Å². The summed E-state index contributed by atoms with van der Waals surface area (Å²) >= 11 is 0. The second-order valence-electron chi connectivity index (χ2n) is 4.36. The number of anilines is 1. The van der Waals surface area contributed by atoms with E-state index in [1.165, 1.54) is 12.1 Å².